The van der Waals surface area contributed by atoms with E-state index in [0.717, 1.165) is 18.6 Å². The maximum Gasteiger partial charge on any atom is 0.274 e. The number of benzene rings is 1. The van der Waals surface area contributed by atoms with Gasteiger partial charge >= 0.3 is 0 Å². The van der Waals surface area contributed by atoms with Gasteiger partial charge in [0.25, 0.3) is 5.91 Å². The summed E-state index contributed by atoms with van der Waals surface area (Å²) in [6.07, 6.45) is 4.63. The normalized spacial score (nSPS) is 15.4. The molecule has 1 amide bonds. The van der Waals surface area contributed by atoms with E-state index in [9.17, 15) is 4.79 Å². The van der Waals surface area contributed by atoms with Gasteiger partial charge in [0.1, 0.15) is 17.8 Å². The molecule has 0 N–H and O–H groups in total. The van der Waals surface area contributed by atoms with Crippen LogP contribution in [0, 0.1) is 5.92 Å². The summed E-state index contributed by atoms with van der Waals surface area (Å²) in [5, 5.41) is 0.298. The minimum Gasteiger partial charge on any atom is -0.493 e. The van der Waals surface area contributed by atoms with Crippen molar-refractivity contribution >= 4 is 17.5 Å². The third-order valence-corrected chi connectivity index (χ3v) is 4.28. The molecule has 1 fully saturated rings. The number of amides is 1. The fourth-order valence-corrected chi connectivity index (χ4v) is 2.84. The molecule has 2 aromatic rings. The molecule has 1 saturated heterocycles. The summed E-state index contributed by atoms with van der Waals surface area (Å²) in [7, 11) is 0. The number of carbonyl (C=O) groups excluding carboxylic acids is 1. The average Bonchev–Trinajstić information content (AvgIpc) is 2.61. The summed E-state index contributed by atoms with van der Waals surface area (Å²) in [6, 6.07) is 9.80. The summed E-state index contributed by atoms with van der Waals surface area (Å²) < 4.78 is 5.80. The quantitative estimate of drug-likeness (QED) is 0.864. The molecule has 0 unspecified atom stereocenters. The predicted molar refractivity (Wildman–Crippen MR) is 87.6 cm³/mol. The van der Waals surface area contributed by atoms with Crippen molar-refractivity contribution in [1.29, 1.82) is 0 Å². The van der Waals surface area contributed by atoms with Gasteiger partial charge in [-0.05, 0) is 30.9 Å². The number of para-hydroxylation sites is 1. The Balaban J connectivity index is 1.50. The summed E-state index contributed by atoms with van der Waals surface area (Å²) in [5.74, 6) is 1.22. The summed E-state index contributed by atoms with van der Waals surface area (Å²) >= 11 is 5.99. The van der Waals surface area contributed by atoms with E-state index in [-0.39, 0.29) is 11.6 Å². The van der Waals surface area contributed by atoms with Crippen LogP contribution >= 0.6 is 11.6 Å². The topological polar surface area (TPSA) is 55.3 Å². The second-order valence-corrected chi connectivity index (χ2v) is 5.99. The minimum absolute atomic E-state index is 0.125. The first-order valence-electron chi connectivity index (χ1n) is 7.66. The Morgan fingerprint density at radius 2 is 2.00 bits per heavy atom. The largest absolute Gasteiger partial charge is 0.493 e. The lowest BCUT2D eigenvalue weighted by atomic mass is 9.97. The molecule has 0 spiro atoms. The monoisotopic (exact) mass is 331 g/mol. The van der Waals surface area contributed by atoms with Crippen LogP contribution in [0.25, 0.3) is 0 Å². The minimum atomic E-state index is -0.125. The standard InChI is InChI=1S/C17H18ClN3O2/c18-15-10-19-12-20-16(15)17(22)21-8-6-13(7-9-21)11-23-14-4-2-1-3-5-14/h1-5,10,12-13H,6-9,11H2. The van der Waals surface area contributed by atoms with Crippen LogP contribution in [0.5, 0.6) is 5.75 Å². The maximum absolute atomic E-state index is 12.4. The SMILES string of the molecule is O=C(c1ncncc1Cl)N1CCC(COc2ccccc2)CC1. The Morgan fingerprint density at radius 3 is 2.70 bits per heavy atom. The molecule has 0 radical (unpaired) electrons. The van der Waals surface area contributed by atoms with Gasteiger partial charge < -0.3 is 9.64 Å². The number of hydrogen-bond donors (Lipinski definition) is 0. The number of nitrogens with zero attached hydrogens (tertiary/aromatic N) is 3. The van der Waals surface area contributed by atoms with E-state index in [4.69, 9.17) is 16.3 Å². The van der Waals surface area contributed by atoms with Crippen molar-refractivity contribution in [3.63, 3.8) is 0 Å². The van der Waals surface area contributed by atoms with Gasteiger partial charge in [0, 0.05) is 19.3 Å². The van der Waals surface area contributed by atoms with Crippen LogP contribution in [0.15, 0.2) is 42.9 Å². The van der Waals surface area contributed by atoms with E-state index in [2.05, 4.69) is 9.97 Å². The average molecular weight is 332 g/mol. The second kappa shape index (κ2) is 7.42. The van der Waals surface area contributed by atoms with Gasteiger partial charge in [-0.15, -0.1) is 0 Å². The Bertz CT molecular complexity index is 658. The first kappa shape index (κ1) is 15.7. The van der Waals surface area contributed by atoms with Gasteiger partial charge in [-0.1, -0.05) is 29.8 Å². The molecule has 23 heavy (non-hydrogen) atoms. The van der Waals surface area contributed by atoms with Gasteiger partial charge in [-0.2, -0.15) is 0 Å². The Kier molecular flexibility index (Phi) is 5.08. The molecule has 3 rings (SSSR count). The van der Waals surface area contributed by atoms with Crippen LogP contribution in [0.1, 0.15) is 23.3 Å². The summed E-state index contributed by atoms with van der Waals surface area (Å²) in [4.78, 5) is 22.0. The highest BCUT2D eigenvalue weighted by molar-refractivity contribution is 6.33. The van der Waals surface area contributed by atoms with Crippen LogP contribution in [-0.2, 0) is 0 Å². The lowest BCUT2D eigenvalue weighted by Crippen LogP contribution is -2.40. The lowest BCUT2D eigenvalue weighted by Gasteiger charge is -2.31. The van der Waals surface area contributed by atoms with E-state index < -0.39 is 0 Å². The zero-order chi connectivity index (χ0) is 16.1. The van der Waals surface area contributed by atoms with E-state index in [1.807, 2.05) is 30.3 Å². The summed E-state index contributed by atoms with van der Waals surface area (Å²) in [5.41, 5.74) is 0.278. The highest BCUT2D eigenvalue weighted by Gasteiger charge is 2.26. The van der Waals surface area contributed by atoms with Crippen LogP contribution in [0.4, 0.5) is 0 Å². The fourth-order valence-electron chi connectivity index (χ4n) is 2.65. The number of piperidine rings is 1. The number of hydrogen-bond acceptors (Lipinski definition) is 4. The van der Waals surface area contributed by atoms with E-state index >= 15 is 0 Å². The lowest BCUT2D eigenvalue weighted by molar-refractivity contribution is 0.0655. The van der Waals surface area contributed by atoms with Gasteiger partial charge in [0.05, 0.1) is 11.6 Å². The number of rotatable bonds is 4. The third kappa shape index (κ3) is 3.99. The first-order chi connectivity index (χ1) is 11.2. The number of halogens is 1. The number of likely N-dealkylation sites (tertiary alicyclic amines) is 1. The molecular weight excluding hydrogens is 314 g/mol. The van der Waals surface area contributed by atoms with Crippen molar-refractivity contribution in [2.75, 3.05) is 19.7 Å². The molecule has 2 heterocycles. The fraction of sp³-hybridized carbons (Fsp3) is 0.353. The third-order valence-electron chi connectivity index (χ3n) is 4.00. The highest BCUT2D eigenvalue weighted by atomic mass is 35.5. The Morgan fingerprint density at radius 1 is 1.26 bits per heavy atom. The van der Waals surface area contributed by atoms with Crippen LogP contribution in [-0.4, -0.2) is 40.5 Å². The molecule has 5 nitrogen and oxygen atoms in total. The molecule has 1 aromatic heterocycles. The van der Waals surface area contributed by atoms with Crippen LogP contribution in [0.2, 0.25) is 5.02 Å². The molecular formula is C17H18ClN3O2. The maximum atomic E-state index is 12.4. The Hall–Kier alpha value is -2.14. The van der Waals surface area contributed by atoms with Gasteiger partial charge in [-0.3, -0.25) is 4.79 Å². The van der Waals surface area contributed by atoms with E-state index in [0.29, 0.717) is 30.6 Å². The van der Waals surface area contributed by atoms with Crippen molar-refractivity contribution < 1.29 is 9.53 Å². The molecule has 1 aliphatic rings. The number of aromatic nitrogens is 2. The molecule has 1 aromatic carbocycles. The molecule has 0 atom stereocenters. The number of carbonyl (C=O) groups is 1. The number of ether oxygens (including phenoxy) is 1. The molecule has 120 valence electrons. The predicted octanol–water partition coefficient (Wildman–Crippen LogP) is 3.06. The van der Waals surface area contributed by atoms with Crippen molar-refractivity contribution in [2.24, 2.45) is 5.92 Å². The van der Waals surface area contributed by atoms with Crippen molar-refractivity contribution in [3.05, 3.63) is 53.6 Å². The van der Waals surface area contributed by atoms with Crippen molar-refractivity contribution in [2.45, 2.75) is 12.8 Å². The molecule has 6 heteroatoms. The second-order valence-electron chi connectivity index (χ2n) is 5.58. The van der Waals surface area contributed by atoms with E-state index in [1.165, 1.54) is 12.5 Å². The van der Waals surface area contributed by atoms with Crippen molar-refractivity contribution in [3.8, 4) is 5.75 Å². The molecule has 0 aliphatic carbocycles. The molecule has 0 bridgehead atoms. The molecule has 1 aliphatic heterocycles. The van der Waals surface area contributed by atoms with Crippen molar-refractivity contribution in [1.82, 2.24) is 14.9 Å². The smallest absolute Gasteiger partial charge is 0.274 e. The van der Waals surface area contributed by atoms with Gasteiger partial charge in [0.2, 0.25) is 0 Å². The zero-order valence-corrected chi connectivity index (χ0v) is 13.4. The van der Waals surface area contributed by atoms with Gasteiger partial charge in [-0.25, -0.2) is 9.97 Å². The Labute approximate surface area is 140 Å². The van der Waals surface area contributed by atoms with Crippen LogP contribution < -0.4 is 4.74 Å². The highest BCUT2D eigenvalue weighted by Crippen LogP contribution is 2.22. The van der Waals surface area contributed by atoms with E-state index in [1.54, 1.807) is 4.90 Å². The van der Waals surface area contributed by atoms with Gasteiger partial charge in [0.15, 0.2) is 0 Å². The molecule has 0 saturated carbocycles. The zero-order valence-electron chi connectivity index (χ0n) is 12.7. The first-order valence-corrected chi connectivity index (χ1v) is 8.04. The van der Waals surface area contributed by atoms with Crippen LogP contribution in [0.3, 0.4) is 0 Å². The summed E-state index contributed by atoms with van der Waals surface area (Å²) in [6.45, 7) is 2.07.